The third-order valence-corrected chi connectivity index (χ3v) is 3.99. The molecule has 3 N–H and O–H groups in total. The van der Waals surface area contributed by atoms with Gasteiger partial charge in [-0.3, -0.25) is 9.79 Å². The minimum atomic E-state index is -0.104. The molecule has 0 saturated heterocycles. The minimum absolute atomic E-state index is 0.104. The number of amides is 1. The molecule has 0 aromatic heterocycles. The van der Waals surface area contributed by atoms with E-state index in [1.807, 2.05) is 18.2 Å². The highest BCUT2D eigenvalue weighted by Crippen LogP contribution is 2.17. The van der Waals surface area contributed by atoms with Crippen LogP contribution in [-0.2, 0) is 11.3 Å². The molecule has 2 rings (SSSR count). The highest BCUT2D eigenvalue weighted by atomic mass is 16.5. The first-order valence-corrected chi connectivity index (χ1v) is 8.99. The van der Waals surface area contributed by atoms with E-state index >= 15 is 0 Å². The Kier molecular flexibility index (Phi) is 7.67. The normalized spacial score (nSPS) is 11.0. The van der Waals surface area contributed by atoms with Crippen LogP contribution in [0.5, 0.6) is 5.75 Å². The molecule has 1 amide bonds. The van der Waals surface area contributed by atoms with Gasteiger partial charge in [0.25, 0.3) is 0 Å². The molecule has 0 saturated carbocycles. The van der Waals surface area contributed by atoms with E-state index in [-0.39, 0.29) is 5.91 Å². The van der Waals surface area contributed by atoms with E-state index in [1.165, 1.54) is 23.6 Å². The Labute approximate surface area is 161 Å². The number of benzene rings is 2. The number of aryl methyl sites for hydroxylation is 2. The zero-order valence-electron chi connectivity index (χ0n) is 16.4. The fraction of sp³-hybridized carbons (Fsp3) is 0.333. The van der Waals surface area contributed by atoms with Gasteiger partial charge in [0, 0.05) is 32.3 Å². The molecule has 0 unspecified atom stereocenters. The van der Waals surface area contributed by atoms with Gasteiger partial charge in [-0.15, -0.1) is 0 Å². The van der Waals surface area contributed by atoms with Crippen molar-refractivity contribution in [1.82, 2.24) is 10.6 Å². The van der Waals surface area contributed by atoms with Crippen LogP contribution in [0.3, 0.4) is 0 Å². The molecule has 0 aliphatic rings. The molecule has 0 aliphatic carbocycles. The molecule has 6 heteroatoms. The number of aliphatic imine (C=N–C) groups is 1. The van der Waals surface area contributed by atoms with E-state index in [1.54, 1.807) is 13.1 Å². The summed E-state index contributed by atoms with van der Waals surface area (Å²) >= 11 is 0. The Morgan fingerprint density at radius 1 is 1.11 bits per heavy atom. The zero-order chi connectivity index (χ0) is 19.6. The summed E-state index contributed by atoms with van der Waals surface area (Å²) < 4.78 is 5.72. The number of anilines is 1. The first-order valence-electron chi connectivity index (χ1n) is 8.99. The van der Waals surface area contributed by atoms with Crippen LogP contribution in [-0.4, -0.2) is 32.1 Å². The van der Waals surface area contributed by atoms with Crippen LogP contribution in [0.4, 0.5) is 5.69 Å². The average molecular weight is 368 g/mol. The topological polar surface area (TPSA) is 74.8 Å². The van der Waals surface area contributed by atoms with Crippen LogP contribution in [0.25, 0.3) is 0 Å². The van der Waals surface area contributed by atoms with Crippen molar-refractivity contribution < 1.29 is 9.53 Å². The summed E-state index contributed by atoms with van der Waals surface area (Å²) in [4.78, 5) is 15.3. The lowest BCUT2D eigenvalue weighted by Gasteiger charge is -2.14. The van der Waals surface area contributed by atoms with Crippen molar-refractivity contribution in [2.24, 2.45) is 4.99 Å². The summed E-state index contributed by atoms with van der Waals surface area (Å²) in [6.07, 6.45) is 0. The average Bonchev–Trinajstić information content (AvgIpc) is 2.62. The summed E-state index contributed by atoms with van der Waals surface area (Å²) in [6.45, 7) is 7.49. The third kappa shape index (κ3) is 7.01. The Morgan fingerprint density at radius 3 is 2.63 bits per heavy atom. The smallest absolute Gasteiger partial charge is 0.221 e. The van der Waals surface area contributed by atoms with Gasteiger partial charge in [0.2, 0.25) is 5.91 Å². The number of nitrogens with one attached hydrogen (secondary N) is 3. The Bertz CT molecular complexity index is 803. The lowest BCUT2D eigenvalue weighted by atomic mass is 10.1. The molecule has 0 atom stereocenters. The summed E-state index contributed by atoms with van der Waals surface area (Å²) in [5.41, 5.74) is 4.49. The number of carbonyl (C=O) groups is 1. The molecule has 27 heavy (non-hydrogen) atoms. The first-order chi connectivity index (χ1) is 13.0. The van der Waals surface area contributed by atoms with E-state index in [0.717, 1.165) is 11.6 Å². The van der Waals surface area contributed by atoms with Crippen LogP contribution in [0.2, 0.25) is 0 Å². The lowest BCUT2D eigenvalue weighted by Crippen LogP contribution is -2.39. The summed E-state index contributed by atoms with van der Waals surface area (Å²) in [6, 6.07) is 13.8. The van der Waals surface area contributed by atoms with Crippen LogP contribution in [0.15, 0.2) is 47.5 Å². The molecule has 6 nitrogen and oxygen atoms in total. The van der Waals surface area contributed by atoms with Crippen molar-refractivity contribution in [3.8, 4) is 5.75 Å². The molecule has 2 aromatic carbocycles. The lowest BCUT2D eigenvalue weighted by molar-refractivity contribution is -0.114. The highest BCUT2D eigenvalue weighted by molar-refractivity contribution is 5.88. The number of nitrogens with zero attached hydrogens (tertiary/aromatic N) is 1. The fourth-order valence-corrected chi connectivity index (χ4v) is 2.65. The molecule has 0 fully saturated rings. The van der Waals surface area contributed by atoms with Crippen molar-refractivity contribution in [2.75, 3.05) is 25.5 Å². The Morgan fingerprint density at radius 2 is 1.93 bits per heavy atom. The summed E-state index contributed by atoms with van der Waals surface area (Å²) in [5, 5.41) is 9.28. The minimum Gasteiger partial charge on any atom is -0.492 e. The molecule has 0 aliphatic heterocycles. The first kappa shape index (κ1) is 20.3. The molecule has 2 aromatic rings. The number of ether oxygens (including phenoxy) is 1. The molecule has 144 valence electrons. The zero-order valence-corrected chi connectivity index (χ0v) is 16.4. The second kappa shape index (κ2) is 10.2. The largest absolute Gasteiger partial charge is 0.492 e. The van der Waals surface area contributed by atoms with Gasteiger partial charge in [-0.1, -0.05) is 29.8 Å². The van der Waals surface area contributed by atoms with E-state index in [2.05, 4.69) is 53.0 Å². The molecule has 0 radical (unpaired) electrons. The van der Waals surface area contributed by atoms with Gasteiger partial charge in [-0.05, 0) is 37.1 Å². The van der Waals surface area contributed by atoms with Gasteiger partial charge in [0.15, 0.2) is 5.96 Å². The number of hydrogen-bond donors (Lipinski definition) is 3. The summed E-state index contributed by atoms with van der Waals surface area (Å²) in [7, 11) is 1.75. The van der Waals surface area contributed by atoms with Crippen molar-refractivity contribution in [3.05, 3.63) is 59.2 Å². The predicted molar refractivity (Wildman–Crippen MR) is 110 cm³/mol. The van der Waals surface area contributed by atoms with Crippen molar-refractivity contribution in [1.29, 1.82) is 0 Å². The van der Waals surface area contributed by atoms with E-state index in [9.17, 15) is 4.79 Å². The maximum atomic E-state index is 11.1. The maximum Gasteiger partial charge on any atom is 0.221 e. The fourth-order valence-electron chi connectivity index (χ4n) is 2.65. The molecular formula is C21H28N4O2. The maximum absolute atomic E-state index is 11.1. The molecule has 0 bridgehead atoms. The number of hydrogen-bond acceptors (Lipinski definition) is 3. The van der Waals surface area contributed by atoms with Crippen molar-refractivity contribution >= 4 is 17.6 Å². The van der Waals surface area contributed by atoms with Crippen LogP contribution < -0.4 is 20.7 Å². The highest BCUT2D eigenvalue weighted by Gasteiger charge is 2.02. The van der Waals surface area contributed by atoms with Gasteiger partial charge in [0.1, 0.15) is 12.4 Å². The molecule has 0 spiro atoms. The van der Waals surface area contributed by atoms with Crippen molar-refractivity contribution in [3.63, 3.8) is 0 Å². The number of carbonyl (C=O) groups excluding carboxylic acids is 1. The van der Waals surface area contributed by atoms with Crippen LogP contribution in [0, 0.1) is 13.8 Å². The van der Waals surface area contributed by atoms with Crippen LogP contribution in [0.1, 0.15) is 23.6 Å². The van der Waals surface area contributed by atoms with Gasteiger partial charge in [-0.25, -0.2) is 0 Å². The second-order valence-electron chi connectivity index (χ2n) is 6.34. The van der Waals surface area contributed by atoms with Gasteiger partial charge in [0.05, 0.1) is 6.54 Å². The van der Waals surface area contributed by atoms with Gasteiger partial charge < -0.3 is 20.7 Å². The quantitative estimate of drug-likeness (QED) is 0.399. The third-order valence-electron chi connectivity index (χ3n) is 3.99. The van der Waals surface area contributed by atoms with Gasteiger partial charge >= 0.3 is 0 Å². The van der Waals surface area contributed by atoms with Crippen LogP contribution >= 0.6 is 0 Å². The molecule has 0 heterocycles. The van der Waals surface area contributed by atoms with Gasteiger partial charge in [-0.2, -0.15) is 0 Å². The monoisotopic (exact) mass is 368 g/mol. The van der Waals surface area contributed by atoms with E-state index in [4.69, 9.17) is 4.74 Å². The predicted octanol–water partition coefficient (Wildman–Crippen LogP) is 3.01. The molecular weight excluding hydrogens is 340 g/mol. The second-order valence-corrected chi connectivity index (χ2v) is 6.34. The SMILES string of the molecule is CN=C(NCCOc1cccc(NC(C)=O)c1)NCc1ccc(C)cc1C. The Balaban J connectivity index is 1.75. The van der Waals surface area contributed by atoms with E-state index < -0.39 is 0 Å². The Hall–Kier alpha value is -3.02. The summed E-state index contributed by atoms with van der Waals surface area (Å²) in [5.74, 6) is 1.33. The standard InChI is InChI=1S/C21H28N4O2/c1-15-8-9-18(16(2)12-15)14-24-21(22-4)23-10-11-27-20-7-5-6-19(13-20)25-17(3)26/h5-9,12-13H,10-11,14H2,1-4H3,(H,25,26)(H2,22,23,24). The number of rotatable bonds is 7. The number of guanidine groups is 1. The van der Waals surface area contributed by atoms with E-state index in [0.29, 0.717) is 25.4 Å². The van der Waals surface area contributed by atoms with Crippen molar-refractivity contribution in [2.45, 2.75) is 27.3 Å².